The Morgan fingerprint density at radius 2 is 0.514 bits per heavy atom. The number of hydrogen-bond acceptors (Lipinski definition) is 6. The Balaban J connectivity index is 4.06. The smallest absolute Gasteiger partial charge is 0.306 e. The van der Waals surface area contributed by atoms with Gasteiger partial charge in [0.05, 0.1) is 0 Å². The molecule has 0 aromatic heterocycles. The lowest BCUT2D eigenvalue weighted by Crippen LogP contribution is -2.30. The van der Waals surface area contributed by atoms with Gasteiger partial charge in [0, 0.05) is 19.3 Å². The van der Waals surface area contributed by atoms with Crippen LogP contribution in [-0.4, -0.2) is 37.2 Å². The predicted molar refractivity (Wildman–Crippen MR) is 303 cm³/mol. The first-order valence-corrected chi connectivity index (χ1v) is 31.3. The van der Waals surface area contributed by atoms with E-state index in [1.807, 2.05) is 0 Å². The molecule has 0 aliphatic carbocycles. The molecule has 0 rings (SSSR count). The second-order valence-corrected chi connectivity index (χ2v) is 21.3. The molecule has 0 aliphatic rings. The molecule has 0 saturated carbocycles. The van der Waals surface area contributed by atoms with Gasteiger partial charge in [0.1, 0.15) is 13.2 Å². The fourth-order valence-corrected chi connectivity index (χ4v) is 9.48. The Bertz CT molecular complexity index is 1130. The van der Waals surface area contributed by atoms with Crippen LogP contribution in [0.3, 0.4) is 0 Å². The molecular weight excluding hydrogens is 865 g/mol. The fourth-order valence-electron chi connectivity index (χ4n) is 9.48. The van der Waals surface area contributed by atoms with Gasteiger partial charge in [-0.3, -0.25) is 14.4 Å². The van der Waals surface area contributed by atoms with Crippen molar-refractivity contribution in [1.29, 1.82) is 0 Å². The highest BCUT2D eigenvalue weighted by atomic mass is 16.6. The Hall–Kier alpha value is -2.11. The molecule has 412 valence electrons. The Labute approximate surface area is 436 Å². The zero-order chi connectivity index (χ0) is 50.7. The molecule has 0 amide bonds. The number of ether oxygens (including phenoxy) is 3. The zero-order valence-electron chi connectivity index (χ0n) is 47.3. The summed E-state index contributed by atoms with van der Waals surface area (Å²) in [4.78, 5) is 38.1. The van der Waals surface area contributed by atoms with E-state index in [9.17, 15) is 14.4 Å². The third kappa shape index (κ3) is 56.8. The van der Waals surface area contributed by atoms with Crippen molar-refractivity contribution in [1.82, 2.24) is 0 Å². The van der Waals surface area contributed by atoms with E-state index in [1.165, 1.54) is 244 Å². The highest BCUT2D eigenvalue weighted by molar-refractivity contribution is 5.71. The van der Waals surface area contributed by atoms with Crippen molar-refractivity contribution in [3.8, 4) is 0 Å². The number of carbonyl (C=O) groups excluding carboxylic acids is 3. The first-order chi connectivity index (χ1) is 34.5. The molecule has 0 N–H and O–H groups in total. The van der Waals surface area contributed by atoms with E-state index in [4.69, 9.17) is 14.2 Å². The van der Waals surface area contributed by atoms with Crippen molar-refractivity contribution in [2.24, 2.45) is 0 Å². The zero-order valence-corrected chi connectivity index (χ0v) is 47.3. The number of rotatable bonds is 58. The van der Waals surface area contributed by atoms with Gasteiger partial charge in [-0.25, -0.2) is 0 Å². The molecule has 6 heteroatoms. The van der Waals surface area contributed by atoms with Crippen LogP contribution in [-0.2, 0) is 28.6 Å². The van der Waals surface area contributed by atoms with E-state index in [1.54, 1.807) is 0 Å². The van der Waals surface area contributed by atoms with Crippen molar-refractivity contribution in [3.05, 3.63) is 24.3 Å². The average Bonchev–Trinajstić information content (AvgIpc) is 3.36. The number of esters is 3. The van der Waals surface area contributed by atoms with Gasteiger partial charge >= 0.3 is 17.9 Å². The van der Waals surface area contributed by atoms with Crippen LogP contribution < -0.4 is 0 Å². The van der Waals surface area contributed by atoms with Gasteiger partial charge in [0.25, 0.3) is 0 Å². The second-order valence-electron chi connectivity index (χ2n) is 21.3. The minimum absolute atomic E-state index is 0.0646. The molecule has 0 saturated heterocycles. The number of allylic oxidation sites excluding steroid dienone is 4. The molecule has 1 unspecified atom stereocenters. The molecule has 0 heterocycles. The van der Waals surface area contributed by atoms with Crippen molar-refractivity contribution in [2.75, 3.05) is 13.2 Å². The van der Waals surface area contributed by atoms with Crippen LogP contribution >= 0.6 is 0 Å². The summed E-state index contributed by atoms with van der Waals surface area (Å²) in [7, 11) is 0. The van der Waals surface area contributed by atoms with Gasteiger partial charge < -0.3 is 14.2 Å². The maximum absolute atomic E-state index is 12.8. The Kier molecular flexibility index (Phi) is 57.7. The van der Waals surface area contributed by atoms with Crippen molar-refractivity contribution in [3.63, 3.8) is 0 Å². The summed E-state index contributed by atoms with van der Waals surface area (Å²) in [6.07, 6.45) is 70.6. The SMILES string of the molecule is CCCCCCC/C=C\C/C=C\CCCCCCCCCCCCCCCCCCCC(=O)OCC(COC(=O)CCCCCCCCCCC)OC(=O)CCCCCCCCCCCCCCCC. The summed E-state index contributed by atoms with van der Waals surface area (Å²) in [5, 5.41) is 0. The van der Waals surface area contributed by atoms with Crippen LogP contribution in [0.5, 0.6) is 0 Å². The summed E-state index contributed by atoms with van der Waals surface area (Å²) in [6, 6.07) is 0. The first kappa shape index (κ1) is 67.9. The van der Waals surface area contributed by atoms with E-state index in [0.717, 1.165) is 64.2 Å². The maximum Gasteiger partial charge on any atom is 0.306 e. The lowest BCUT2D eigenvalue weighted by Gasteiger charge is -2.18. The standard InChI is InChI=1S/C64H120O6/c1-4-7-10-13-16-19-21-23-25-26-27-28-29-30-31-32-33-34-35-36-37-38-39-41-42-45-48-51-54-57-63(66)69-60-61(59-68-62(65)56-53-50-47-44-18-15-12-9-6-3)70-64(67)58-55-52-49-46-43-40-24-22-20-17-14-11-8-5-2/h21,23,26-27,61H,4-20,22,24-25,28-60H2,1-3H3/b23-21-,27-26-. The van der Waals surface area contributed by atoms with E-state index in [-0.39, 0.29) is 31.1 Å². The van der Waals surface area contributed by atoms with Gasteiger partial charge in [-0.1, -0.05) is 302 Å². The Morgan fingerprint density at radius 1 is 0.286 bits per heavy atom. The molecule has 0 radical (unpaired) electrons. The van der Waals surface area contributed by atoms with Gasteiger partial charge in [0.2, 0.25) is 0 Å². The van der Waals surface area contributed by atoms with E-state index in [0.29, 0.717) is 19.3 Å². The van der Waals surface area contributed by atoms with Crippen molar-refractivity contribution >= 4 is 17.9 Å². The van der Waals surface area contributed by atoms with Crippen LogP contribution in [0.2, 0.25) is 0 Å². The molecule has 0 aromatic rings. The van der Waals surface area contributed by atoms with Gasteiger partial charge in [-0.05, 0) is 51.4 Å². The molecule has 70 heavy (non-hydrogen) atoms. The fraction of sp³-hybridized carbons (Fsp3) is 0.891. The lowest BCUT2D eigenvalue weighted by molar-refractivity contribution is -0.167. The largest absolute Gasteiger partial charge is 0.462 e. The maximum atomic E-state index is 12.8. The van der Waals surface area contributed by atoms with Crippen LogP contribution in [0.4, 0.5) is 0 Å². The molecular formula is C64H120O6. The third-order valence-electron chi connectivity index (χ3n) is 14.2. The second kappa shape index (κ2) is 59.5. The third-order valence-corrected chi connectivity index (χ3v) is 14.2. The monoisotopic (exact) mass is 985 g/mol. The summed E-state index contributed by atoms with van der Waals surface area (Å²) < 4.78 is 16.9. The molecule has 0 fully saturated rings. The summed E-state index contributed by atoms with van der Waals surface area (Å²) in [5.74, 6) is -0.844. The average molecular weight is 986 g/mol. The van der Waals surface area contributed by atoms with Gasteiger partial charge in [-0.15, -0.1) is 0 Å². The minimum Gasteiger partial charge on any atom is -0.462 e. The molecule has 0 aliphatic heterocycles. The van der Waals surface area contributed by atoms with E-state index in [2.05, 4.69) is 45.1 Å². The number of carbonyl (C=O) groups is 3. The van der Waals surface area contributed by atoms with E-state index >= 15 is 0 Å². The highest BCUT2D eigenvalue weighted by Gasteiger charge is 2.19. The van der Waals surface area contributed by atoms with Crippen LogP contribution in [0.1, 0.15) is 348 Å². The summed E-state index contributed by atoms with van der Waals surface area (Å²) in [6.45, 7) is 6.66. The normalized spacial score (nSPS) is 12.1. The molecule has 6 nitrogen and oxygen atoms in total. The molecule has 0 bridgehead atoms. The first-order valence-electron chi connectivity index (χ1n) is 31.3. The van der Waals surface area contributed by atoms with Crippen LogP contribution in [0.15, 0.2) is 24.3 Å². The van der Waals surface area contributed by atoms with Crippen LogP contribution in [0, 0.1) is 0 Å². The summed E-state index contributed by atoms with van der Waals surface area (Å²) in [5.41, 5.74) is 0. The molecule has 1 atom stereocenters. The topological polar surface area (TPSA) is 78.9 Å². The lowest BCUT2D eigenvalue weighted by atomic mass is 10.0. The summed E-state index contributed by atoms with van der Waals surface area (Å²) >= 11 is 0. The molecule has 0 spiro atoms. The van der Waals surface area contributed by atoms with Gasteiger partial charge in [0.15, 0.2) is 6.10 Å². The minimum atomic E-state index is -0.763. The van der Waals surface area contributed by atoms with Crippen molar-refractivity contribution in [2.45, 2.75) is 354 Å². The molecule has 0 aromatic carbocycles. The predicted octanol–water partition coefficient (Wildman–Crippen LogP) is 21.1. The number of unbranched alkanes of at least 4 members (excludes halogenated alkanes) is 43. The van der Waals surface area contributed by atoms with Crippen LogP contribution in [0.25, 0.3) is 0 Å². The van der Waals surface area contributed by atoms with E-state index < -0.39 is 6.10 Å². The highest BCUT2D eigenvalue weighted by Crippen LogP contribution is 2.18. The van der Waals surface area contributed by atoms with Gasteiger partial charge in [-0.2, -0.15) is 0 Å². The Morgan fingerprint density at radius 3 is 0.786 bits per heavy atom. The quantitative estimate of drug-likeness (QED) is 0.0261. The number of hydrogen-bond donors (Lipinski definition) is 0. The van der Waals surface area contributed by atoms with Crippen molar-refractivity contribution < 1.29 is 28.6 Å².